The minimum absolute atomic E-state index is 0.0609. The maximum atomic E-state index is 13.2. The number of ether oxygens (including phenoxy) is 2. The third-order valence-electron chi connectivity index (χ3n) is 5.36. The molecule has 6 heteroatoms. The summed E-state index contributed by atoms with van der Waals surface area (Å²) in [4.78, 5) is 31.8. The highest BCUT2D eigenvalue weighted by Crippen LogP contribution is 2.29. The number of amides is 1. The van der Waals surface area contributed by atoms with Crippen molar-refractivity contribution in [2.24, 2.45) is 0 Å². The second-order valence-corrected chi connectivity index (χ2v) is 9.20. The van der Waals surface area contributed by atoms with Crippen LogP contribution in [-0.4, -0.2) is 29.1 Å². The van der Waals surface area contributed by atoms with Crippen molar-refractivity contribution in [2.45, 2.75) is 46.0 Å². The van der Waals surface area contributed by atoms with Crippen LogP contribution in [0.3, 0.4) is 0 Å². The van der Waals surface area contributed by atoms with Crippen LogP contribution in [0.5, 0.6) is 5.75 Å². The van der Waals surface area contributed by atoms with E-state index in [0.29, 0.717) is 29.9 Å². The van der Waals surface area contributed by atoms with Crippen molar-refractivity contribution in [1.29, 1.82) is 0 Å². The van der Waals surface area contributed by atoms with E-state index in [1.807, 2.05) is 93.6 Å². The molecule has 1 aliphatic rings. The van der Waals surface area contributed by atoms with Crippen LogP contribution in [-0.2, 0) is 29.2 Å². The summed E-state index contributed by atoms with van der Waals surface area (Å²) in [5.41, 5.74) is 3.24. The lowest BCUT2D eigenvalue weighted by Crippen LogP contribution is -2.38. The first-order chi connectivity index (χ1) is 16.3. The molecule has 0 saturated heterocycles. The van der Waals surface area contributed by atoms with E-state index in [2.05, 4.69) is 0 Å². The summed E-state index contributed by atoms with van der Waals surface area (Å²) in [6.45, 7) is 6.32. The van der Waals surface area contributed by atoms with Gasteiger partial charge in [0.1, 0.15) is 24.6 Å². The zero-order valence-electron chi connectivity index (χ0n) is 19.7. The second kappa shape index (κ2) is 10.1. The molecule has 0 unspecified atom stereocenters. The number of rotatable bonds is 6. The fourth-order valence-electron chi connectivity index (χ4n) is 3.68. The Bertz CT molecular complexity index is 1170. The number of fused-ring (bicyclic) bond motifs is 2. The van der Waals surface area contributed by atoms with E-state index in [1.54, 1.807) is 0 Å². The van der Waals surface area contributed by atoms with E-state index in [0.717, 1.165) is 16.7 Å². The molecule has 0 aliphatic carbocycles. The van der Waals surface area contributed by atoms with Gasteiger partial charge in [-0.25, -0.2) is 4.79 Å². The van der Waals surface area contributed by atoms with Crippen molar-refractivity contribution in [3.8, 4) is 5.75 Å². The Morgan fingerprint density at radius 3 is 2.44 bits per heavy atom. The summed E-state index contributed by atoms with van der Waals surface area (Å²) >= 11 is 0. The van der Waals surface area contributed by atoms with Gasteiger partial charge in [-0.1, -0.05) is 60.7 Å². The van der Waals surface area contributed by atoms with Gasteiger partial charge in [-0.3, -0.25) is 9.63 Å². The lowest BCUT2D eigenvalue weighted by atomic mass is 9.97. The topological polar surface area (TPSA) is 65.1 Å². The van der Waals surface area contributed by atoms with Gasteiger partial charge in [0.2, 0.25) is 0 Å². The van der Waals surface area contributed by atoms with Crippen LogP contribution < -0.4 is 4.74 Å². The molecule has 0 atom stereocenters. The smallest absolute Gasteiger partial charge is 0.434 e. The van der Waals surface area contributed by atoms with Gasteiger partial charge in [-0.15, -0.1) is 0 Å². The first-order valence-corrected chi connectivity index (χ1v) is 11.4. The fraction of sp³-hybridized carbons (Fsp3) is 0.286. The Morgan fingerprint density at radius 2 is 1.68 bits per heavy atom. The SMILES string of the molecule is CC(C)(C)OC(=O)N(CCc1ccc2c(c1)C(=O)c1ccccc1CO2)OCc1ccccc1. The molecule has 0 bridgehead atoms. The molecular weight excluding hydrogens is 430 g/mol. The van der Waals surface area contributed by atoms with Gasteiger partial charge < -0.3 is 9.47 Å². The molecule has 1 aliphatic heterocycles. The lowest BCUT2D eigenvalue weighted by molar-refractivity contribution is -0.155. The predicted molar refractivity (Wildman–Crippen MR) is 129 cm³/mol. The quantitative estimate of drug-likeness (QED) is 0.441. The minimum Gasteiger partial charge on any atom is -0.488 e. The van der Waals surface area contributed by atoms with Gasteiger partial charge in [-0.05, 0) is 50.5 Å². The summed E-state index contributed by atoms with van der Waals surface area (Å²) in [6.07, 6.45) is -0.0671. The summed E-state index contributed by atoms with van der Waals surface area (Å²) < 4.78 is 11.4. The van der Waals surface area contributed by atoms with Crippen molar-refractivity contribution in [3.05, 3.63) is 101 Å². The van der Waals surface area contributed by atoms with E-state index < -0.39 is 11.7 Å². The molecule has 6 nitrogen and oxygen atoms in total. The van der Waals surface area contributed by atoms with Crippen LogP contribution in [0.1, 0.15) is 53.4 Å². The van der Waals surface area contributed by atoms with Gasteiger partial charge >= 0.3 is 6.09 Å². The molecule has 0 spiro atoms. The molecule has 0 saturated carbocycles. The van der Waals surface area contributed by atoms with E-state index in [9.17, 15) is 9.59 Å². The number of carbonyl (C=O) groups excluding carboxylic acids is 2. The maximum Gasteiger partial charge on any atom is 0.434 e. The van der Waals surface area contributed by atoms with Gasteiger partial charge in [0.15, 0.2) is 5.78 Å². The molecule has 0 N–H and O–H groups in total. The molecule has 3 aromatic rings. The molecule has 0 radical (unpaired) electrons. The maximum absolute atomic E-state index is 13.2. The van der Waals surface area contributed by atoms with Crippen LogP contribution in [0.2, 0.25) is 0 Å². The molecule has 3 aromatic carbocycles. The molecule has 4 rings (SSSR count). The minimum atomic E-state index is -0.646. The second-order valence-electron chi connectivity index (χ2n) is 9.20. The highest BCUT2D eigenvalue weighted by molar-refractivity contribution is 6.12. The Morgan fingerprint density at radius 1 is 0.941 bits per heavy atom. The third kappa shape index (κ3) is 5.83. The van der Waals surface area contributed by atoms with Crippen LogP contribution in [0.15, 0.2) is 72.8 Å². The van der Waals surface area contributed by atoms with Crippen LogP contribution in [0, 0.1) is 0 Å². The lowest BCUT2D eigenvalue weighted by Gasteiger charge is -2.26. The van der Waals surface area contributed by atoms with Gasteiger partial charge in [0, 0.05) is 11.1 Å². The van der Waals surface area contributed by atoms with Crippen LogP contribution >= 0.6 is 0 Å². The van der Waals surface area contributed by atoms with Crippen LogP contribution in [0.25, 0.3) is 0 Å². The van der Waals surface area contributed by atoms with Crippen LogP contribution in [0.4, 0.5) is 4.79 Å². The Balaban J connectivity index is 1.50. The molecule has 176 valence electrons. The largest absolute Gasteiger partial charge is 0.488 e. The van der Waals surface area contributed by atoms with E-state index >= 15 is 0 Å². The van der Waals surface area contributed by atoms with Crippen molar-refractivity contribution < 1.29 is 23.9 Å². The molecule has 1 amide bonds. The van der Waals surface area contributed by atoms with Gasteiger partial charge in [0.05, 0.1) is 12.1 Å². The number of benzene rings is 3. The molecular formula is C28H29NO5. The Hall–Kier alpha value is -3.64. The first kappa shape index (κ1) is 23.5. The number of hydrogen-bond acceptors (Lipinski definition) is 5. The fourth-order valence-corrected chi connectivity index (χ4v) is 3.68. The zero-order chi connectivity index (χ0) is 24.1. The number of carbonyl (C=O) groups is 2. The summed E-state index contributed by atoms with van der Waals surface area (Å²) in [5.74, 6) is 0.503. The average Bonchev–Trinajstić information content (AvgIpc) is 2.95. The molecule has 0 aromatic heterocycles. The number of hydrogen-bond donors (Lipinski definition) is 0. The zero-order valence-corrected chi connectivity index (χ0v) is 19.7. The monoisotopic (exact) mass is 459 g/mol. The van der Waals surface area contributed by atoms with Gasteiger partial charge in [-0.2, -0.15) is 5.06 Å². The number of hydroxylamine groups is 2. The molecule has 1 heterocycles. The van der Waals surface area contributed by atoms with Crippen molar-refractivity contribution >= 4 is 11.9 Å². The predicted octanol–water partition coefficient (Wildman–Crippen LogP) is 5.72. The summed E-state index contributed by atoms with van der Waals surface area (Å²) in [5, 5.41) is 1.25. The highest BCUT2D eigenvalue weighted by atomic mass is 16.7. The average molecular weight is 460 g/mol. The van der Waals surface area contributed by atoms with Crippen molar-refractivity contribution in [1.82, 2.24) is 5.06 Å². The first-order valence-electron chi connectivity index (χ1n) is 11.4. The highest BCUT2D eigenvalue weighted by Gasteiger charge is 2.25. The Labute approximate surface area is 200 Å². The van der Waals surface area contributed by atoms with E-state index in [1.165, 1.54) is 5.06 Å². The summed E-state index contributed by atoms with van der Waals surface area (Å²) in [6, 6.07) is 22.7. The third-order valence-corrected chi connectivity index (χ3v) is 5.36. The summed E-state index contributed by atoms with van der Waals surface area (Å²) in [7, 11) is 0. The van der Waals surface area contributed by atoms with Crippen molar-refractivity contribution in [2.75, 3.05) is 6.54 Å². The van der Waals surface area contributed by atoms with E-state index in [-0.39, 0.29) is 18.9 Å². The number of ketones is 1. The molecule has 0 fully saturated rings. The Kier molecular flexibility index (Phi) is 6.98. The van der Waals surface area contributed by atoms with Crippen molar-refractivity contribution in [3.63, 3.8) is 0 Å². The van der Waals surface area contributed by atoms with E-state index in [4.69, 9.17) is 14.3 Å². The molecule has 34 heavy (non-hydrogen) atoms. The van der Waals surface area contributed by atoms with Gasteiger partial charge in [0.25, 0.3) is 0 Å². The normalized spacial score (nSPS) is 12.7. The number of nitrogens with zero attached hydrogens (tertiary/aromatic N) is 1. The standard InChI is InChI=1S/C28H29NO5/c1-28(2,3)34-27(31)29(33-18-21-9-5-4-6-10-21)16-15-20-13-14-25-24(17-20)26(30)23-12-8-7-11-22(23)19-32-25/h4-14,17H,15-16,18-19H2,1-3H3.